The fraction of sp³-hybridized carbons (Fsp3) is 0.333. The molecule has 0 aliphatic rings. The quantitative estimate of drug-likeness (QED) is 0.482. The van der Waals surface area contributed by atoms with Crippen LogP contribution in [0.25, 0.3) is 0 Å². The van der Waals surface area contributed by atoms with Crippen LogP contribution in [0.5, 0.6) is 0 Å². The Morgan fingerprint density at radius 1 is 1.36 bits per heavy atom. The van der Waals surface area contributed by atoms with Gasteiger partial charge in [0, 0.05) is 18.8 Å². The highest BCUT2D eigenvalue weighted by molar-refractivity contribution is 4.88. The van der Waals surface area contributed by atoms with E-state index < -0.39 is 0 Å². The van der Waals surface area contributed by atoms with E-state index in [0.29, 0.717) is 0 Å². The third-order valence-electron chi connectivity index (χ3n) is 1.43. The molecule has 1 heterocycles. The summed E-state index contributed by atoms with van der Waals surface area (Å²) in [7, 11) is 0. The monoisotopic (exact) mass is 148 g/mol. The van der Waals surface area contributed by atoms with Gasteiger partial charge >= 0.3 is 0 Å². The summed E-state index contributed by atoms with van der Waals surface area (Å²) < 4.78 is 0. The van der Waals surface area contributed by atoms with Crippen LogP contribution in [-0.4, -0.2) is 9.97 Å². The minimum atomic E-state index is 0.925. The van der Waals surface area contributed by atoms with Crippen LogP contribution in [0.1, 0.15) is 18.7 Å². The molecular weight excluding hydrogens is 136 g/mol. The van der Waals surface area contributed by atoms with E-state index in [0.717, 1.165) is 25.1 Å². The zero-order valence-corrected chi connectivity index (χ0v) is 6.53. The zero-order chi connectivity index (χ0) is 7.94. The van der Waals surface area contributed by atoms with Gasteiger partial charge in [-0.1, -0.05) is 6.08 Å². The van der Waals surface area contributed by atoms with Gasteiger partial charge in [0.15, 0.2) is 0 Å². The molecular formula is C9H12N2. The summed E-state index contributed by atoms with van der Waals surface area (Å²) >= 11 is 0. The molecule has 0 aliphatic carbocycles. The standard InChI is InChI=1S/C9H12N2/c1-2-3-4-6-9-10-7-5-8-11-9/h2,5,7-8H,1,3-4,6H2. The Balaban J connectivity index is 2.33. The van der Waals surface area contributed by atoms with Crippen LogP contribution in [0, 0.1) is 0 Å². The number of rotatable bonds is 4. The normalized spacial score (nSPS) is 9.45. The summed E-state index contributed by atoms with van der Waals surface area (Å²) in [6.07, 6.45) is 8.55. The molecule has 2 heteroatoms. The van der Waals surface area contributed by atoms with Crippen molar-refractivity contribution in [1.29, 1.82) is 0 Å². The summed E-state index contributed by atoms with van der Waals surface area (Å²) in [6.45, 7) is 3.65. The van der Waals surface area contributed by atoms with Crippen LogP contribution < -0.4 is 0 Å². The first-order chi connectivity index (χ1) is 5.43. The maximum absolute atomic E-state index is 4.11. The Morgan fingerprint density at radius 2 is 2.09 bits per heavy atom. The average Bonchev–Trinajstić information content (AvgIpc) is 2.07. The van der Waals surface area contributed by atoms with Crippen LogP contribution >= 0.6 is 0 Å². The van der Waals surface area contributed by atoms with Gasteiger partial charge in [0.1, 0.15) is 5.82 Å². The molecule has 0 N–H and O–H groups in total. The van der Waals surface area contributed by atoms with Gasteiger partial charge in [-0.25, -0.2) is 9.97 Å². The molecule has 0 saturated carbocycles. The third kappa shape index (κ3) is 2.94. The molecule has 1 aromatic rings. The second-order valence-corrected chi connectivity index (χ2v) is 2.35. The van der Waals surface area contributed by atoms with Crippen LogP contribution in [0.3, 0.4) is 0 Å². The van der Waals surface area contributed by atoms with Crippen LogP contribution in [0.15, 0.2) is 31.1 Å². The largest absolute Gasteiger partial charge is 0.241 e. The lowest BCUT2D eigenvalue weighted by Gasteiger charge is -1.94. The second-order valence-electron chi connectivity index (χ2n) is 2.35. The van der Waals surface area contributed by atoms with E-state index in [4.69, 9.17) is 0 Å². The Hall–Kier alpha value is -1.18. The molecule has 0 bridgehead atoms. The summed E-state index contributed by atoms with van der Waals surface area (Å²) in [5.74, 6) is 0.925. The molecule has 11 heavy (non-hydrogen) atoms. The molecule has 0 aromatic carbocycles. The SMILES string of the molecule is C=CCCCc1ncccn1. The molecule has 0 aliphatic heterocycles. The molecule has 0 fully saturated rings. The fourth-order valence-electron chi connectivity index (χ4n) is 0.864. The maximum atomic E-state index is 4.11. The molecule has 1 rings (SSSR count). The Kier molecular flexibility index (Phi) is 3.32. The smallest absolute Gasteiger partial charge is 0.128 e. The molecule has 0 saturated heterocycles. The van der Waals surface area contributed by atoms with Crippen molar-refractivity contribution < 1.29 is 0 Å². The molecule has 0 radical (unpaired) electrons. The van der Waals surface area contributed by atoms with Gasteiger partial charge in [-0.05, 0) is 18.9 Å². The van der Waals surface area contributed by atoms with E-state index in [9.17, 15) is 0 Å². The molecule has 1 aromatic heterocycles. The minimum Gasteiger partial charge on any atom is -0.241 e. The van der Waals surface area contributed by atoms with Gasteiger partial charge in [-0.2, -0.15) is 0 Å². The van der Waals surface area contributed by atoms with Crippen molar-refractivity contribution in [2.24, 2.45) is 0 Å². The van der Waals surface area contributed by atoms with Crippen molar-refractivity contribution >= 4 is 0 Å². The molecule has 2 nitrogen and oxygen atoms in total. The van der Waals surface area contributed by atoms with Gasteiger partial charge < -0.3 is 0 Å². The Labute approximate surface area is 67.0 Å². The summed E-state index contributed by atoms with van der Waals surface area (Å²) in [5.41, 5.74) is 0. The van der Waals surface area contributed by atoms with Gasteiger partial charge in [0.2, 0.25) is 0 Å². The topological polar surface area (TPSA) is 25.8 Å². The van der Waals surface area contributed by atoms with E-state index in [1.807, 2.05) is 12.1 Å². The molecule has 58 valence electrons. The number of aryl methyl sites for hydroxylation is 1. The number of nitrogens with zero attached hydrogens (tertiary/aromatic N) is 2. The molecule has 0 atom stereocenters. The lowest BCUT2D eigenvalue weighted by atomic mass is 10.2. The Bertz CT molecular complexity index is 206. The van der Waals surface area contributed by atoms with Crippen LogP contribution in [0.4, 0.5) is 0 Å². The van der Waals surface area contributed by atoms with Crippen molar-refractivity contribution in [2.75, 3.05) is 0 Å². The lowest BCUT2D eigenvalue weighted by Crippen LogP contribution is -1.92. The summed E-state index contributed by atoms with van der Waals surface area (Å²) in [6, 6.07) is 1.83. The second kappa shape index (κ2) is 4.61. The van der Waals surface area contributed by atoms with Crippen molar-refractivity contribution in [1.82, 2.24) is 9.97 Å². The number of hydrogen-bond acceptors (Lipinski definition) is 2. The minimum absolute atomic E-state index is 0.925. The van der Waals surface area contributed by atoms with Crippen molar-refractivity contribution in [3.8, 4) is 0 Å². The van der Waals surface area contributed by atoms with Crippen LogP contribution in [0.2, 0.25) is 0 Å². The molecule has 0 spiro atoms. The van der Waals surface area contributed by atoms with Crippen LogP contribution in [-0.2, 0) is 6.42 Å². The first-order valence-electron chi connectivity index (χ1n) is 3.80. The first kappa shape index (κ1) is 7.92. The fourth-order valence-corrected chi connectivity index (χ4v) is 0.864. The van der Waals surface area contributed by atoms with E-state index in [1.54, 1.807) is 12.4 Å². The summed E-state index contributed by atoms with van der Waals surface area (Å²) in [4.78, 5) is 8.21. The number of hydrogen-bond donors (Lipinski definition) is 0. The number of aromatic nitrogens is 2. The third-order valence-corrected chi connectivity index (χ3v) is 1.43. The highest BCUT2D eigenvalue weighted by atomic mass is 14.8. The molecule has 0 unspecified atom stereocenters. The van der Waals surface area contributed by atoms with E-state index >= 15 is 0 Å². The van der Waals surface area contributed by atoms with E-state index in [-0.39, 0.29) is 0 Å². The van der Waals surface area contributed by atoms with Gasteiger partial charge in [-0.3, -0.25) is 0 Å². The highest BCUT2D eigenvalue weighted by Gasteiger charge is 1.91. The zero-order valence-electron chi connectivity index (χ0n) is 6.53. The number of allylic oxidation sites excluding steroid dienone is 1. The van der Waals surface area contributed by atoms with E-state index in [2.05, 4.69) is 16.5 Å². The van der Waals surface area contributed by atoms with Gasteiger partial charge in [0.25, 0.3) is 0 Å². The lowest BCUT2D eigenvalue weighted by molar-refractivity contribution is 0.786. The number of unbranched alkanes of at least 4 members (excludes halogenated alkanes) is 1. The average molecular weight is 148 g/mol. The van der Waals surface area contributed by atoms with Crippen molar-refractivity contribution in [3.05, 3.63) is 36.9 Å². The Morgan fingerprint density at radius 3 is 2.73 bits per heavy atom. The first-order valence-corrected chi connectivity index (χ1v) is 3.80. The van der Waals surface area contributed by atoms with Crippen molar-refractivity contribution in [3.63, 3.8) is 0 Å². The van der Waals surface area contributed by atoms with E-state index in [1.165, 1.54) is 0 Å². The molecule has 0 amide bonds. The van der Waals surface area contributed by atoms with Gasteiger partial charge in [0.05, 0.1) is 0 Å². The predicted molar refractivity (Wildman–Crippen MR) is 45.2 cm³/mol. The predicted octanol–water partition coefficient (Wildman–Crippen LogP) is 1.99. The maximum Gasteiger partial charge on any atom is 0.128 e. The van der Waals surface area contributed by atoms with Crippen molar-refractivity contribution in [2.45, 2.75) is 19.3 Å². The highest BCUT2D eigenvalue weighted by Crippen LogP contribution is 1.97. The summed E-state index contributed by atoms with van der Waals surface area (Å²) in [5, 5.41) is 0. The van der Waals surface area contributed by atoms with Gasteiger partial charge in [-0.15, -0.1) is 6.58 Å².